The minimum absolute atomic E-state index is 0.0836. The number of ether oxygens (including phenoxy) is 3. The number of aromatic nitrogens is 8. The number of fused-ring (bicyclic) bond motifs is 5. The Morgan fingerprint density at radius 3 is 2.33 bits per heavy atom. The van der Waals surface area contributed by atoms with Crippen LogP contribution in [-0.4, -0.2) is 95.6 Å². The van der Waals surface area contributed by atoms with Gasteiger partial charge >= 0.3 is 15.1 Å². The molecule has 4 aromatic heterocycles. The molecule has 3 saturated heterocycles. The van der Waals surface area contributed by atoms with Gasteiger partial charge in [0, 0.05) is 7.11 Å². The van der Waals surface area contributed by atoms with Gasteiger partial charge in [-0.2, -0.15) is 0 Å². The fraction of sp³-hybridized carbons (Fsp3) is 0.565. The number of anilines is 2. The van der Waals surface area contributed by atoms with Crippen LogP contribution in [-0.2, 0) is 41.4 Å². The maximum Gasteiger partial charge on any atom is 0.386 e. The van der Waals surface area contributed by atoms with Crippen LogP contribution >= 0.6 is 27.3 Å². The minimum Gasteiger partial charge on any atom is -0.382 e. The lowest BCUT2D eigenvalue weighted by molar-refractivity contribution is -0.124. The van der Waals surface area contributed by atoms with E-state index in [1.807, 2.05) is 0 Å². The van der Waals surface area contributed by atoms with E-state index in [1.54, 1.807) is 11.5 Å². The number of rotatable bonds is 4. The summed E-state index contributed by atoms with van der Waals surface area (Å²) < 4.78 is 87.2. The van der Waals surface area contributed by atoms with Gasteiger partial charge in [0.2, 0.25) is 0 Å². The van der Waals surface area contributed by atoms with Gasteiger partial charge in [0.25, 0.3) is 0 Å². The van der Waals surface area contributed by atoms with Crippen molar-refractivity contribution in [3.05, 3.63) is 25.3 Å². The van der Waals surface area contributed by atoms with Crippen LogP contribution in [0.15, 0.2) is 25.3 Å². The smallest absolute Gasteiger partial charge is 0.382 e. The third kappa shape index (κ3) is 5.28. The average Bonchev–Trinajstić information content (AvgIpc) is 3.79. The SMILES string of the molecule is CC[C@@]12CO[P@@](=O)(S)O[C@@H]3[C@H](F)[C@@H](CO[PH](=O)O[C@H]1[C@@H](OC)[C@H](n1cnc4c(N)ncnc41)O2)O[C@H]3n1cnc2c(N)ncnc21. The van der Waals surface area contributed by atoms with Crippen LogP contribution in [0.4, 0.5) is 16.0 Å². The first-order chi connectivity index (χ1) is 22.1. The van der Waals surface area contributed by atoms with E-state index in [9.17, 15) is 9.13 Å². The summed E-state index contributed by atoms with van der Waals surface area (Å²) in [4.78, 5) is 24.8. The predicted molar refractivity (Wildman–Crippen MR) is 159 cm³/mol. The lowest BCUT2D eigenvalue weighted by Gasteiger charge is -2.34. The predicted octanol–water partition coefficient (Wildman–Crippen LogP) is 2.00. The molecule has 3 aliphatic rings. The number of methoxy groups -OCH3 is 1. The summed E-state index contributed by atoms with van der Waals surface area (Å²) in [6.45, 7) is -3.62. The van der Waals surface area contributed by atoms with Crippen molar-refractivity contribution in [2.24, 2.45) is 0 Å². The van der Waals surface area contributed by atoms with E-state index in [0.29, 0.717) is 11.2 Å². The second kappa shape index (κ2) is 12.0. The molecule has 23 heteroatoms. The molecular weight excluding hydrogens is 673 g/mol. The second-order valence-electron chi connectivity index (χ2n) is 10.7. The molecule has 7 rings (SSSR count). The van der Waals surface area contributed by atoms with Gasteiger partial charge in [0.05, 0.1) is 25.9 Å². The van der Waals surface area contributed by atoms with Gasteiger partial charge in [0.1, 0.15) is 53.7 Å². The Hall–Kier alpha value is -2.84. The van der Waals surface area contributed by atoms with Crippen LogP contribution in [0.5, 0.6) is 0 Å². The molecule has 248 valence electrons. The maximum atomic E-state index is 15.9. The van der Waals surface area contributed by atoms with Crippen molar-refractivity contribution in [3.63, 3.8) is 0 Å². The third-order valence-electron chi connectivity index (χ3n) is 8.23. The van der Waals surface area contributed by atoms with Gasteiger partial charge < -0.3 is 34.7 Å². The summed E-state index contributed by atoms with van der Waals surface area (Å²) in [5.74, 6) is 0.232. The second-order valence-corrected chi connectivity index (χ2v) is 14.6. The standard InChI is InChI=1S/C23H29FN10O9P2S/c1-3-23-5-39-45(36,46)43-14-11(24)10(40-21(14)33-8-31-12-17(25)27-6-29-19(12)33)4-38-44(35)42-16(23)15(37-2)22(41-23)34-9-32-13-18(26)28-7-30-20(13)34/h6-11,14-16,21-22,44H,3-5H2,1-2H3,(H,36,46)(H2,25,27,29)(H2,26,28,30)/t10-,11-,14-,15-,16+,21-,22-,23-,45-/m1/s1. The molecule has 10 atom stereocenters. The molecule has 0 aromatic carbocycles. The molecule has 1 unspecified atom stereocenters. The van der Waals surface area contributed by atoms with E-state index in [4.69, 9.17) is 43.8 Å². The van der Waals surface area contributed by atoms with Crippen LogP contribution in [0, 0.1) is 0 Å². The number of alkyl halides is 1. The highest BCUT2D eigenvalue weighted by Crippen LogP contribution is 2.59. The highest BCUT2D eigenvalue weighted by Gasteiger charge is 2.59. The summed E-state index contributed by atoms with van der Waals surface area (Å²) in [7, 11) is -1.96. The third-order valence-corrected chi connectivity index (χ3v) is 10.7. The van der Waals surface area contributed by atoms with Crippen molar-refractivity contribution >= 4 is 61.3 Å². The van der Waals surface area contributed by atoms with E-state index in [-0.39, 0.29) is 29.2 Å². The zero-order valence-electron chi connectivity index (χ0n) is 24.2. The van der Waals surface area contributed by atoms with Crippen molar-refractivity contribution in [3.8, 4) is 0 Å². The largest absolute Gasteiger partial charge is 0.386 e. The molecule has 19 nitrogen and oxygen atoms in total. The number of nitrogens with zero attached hydrogens (tertiary/aromatic N) is 8. The van der Waals surface area contributed by atoms with E-state index < -0.39 is 76.9 Å². The Balaban J connectivity index is 1.23. The van der Waals surface area contributed by atoms with Crippen molar-refractivity contribution < 1.29 is 45.8 Å². The molecule has 0 spiro atoms. The zero-order valence-corrected chi connectivity index (χ0v) is 26.9. The molecule has 3 fully saturated rings. The molecule has 0 radical (unpaired) electrons. The quantitative estimate of drug-likeness (QED) is 0.204. The van der Waals surface area contributed by atoms with E-state index in [2.05, 4.69) is 42.2 Å². The number of imidazole rings is 2. The van der Waals surface area contributed by atoms with Gasteiger partial charge in [-0.3, -0.25) is 22.7 Å². The Labute approximate surface area is 265 Å². The highest BCUT2D eigenvalue weighted by atomic mass is 32.7. The number of nitrogen functional groups attached to an aromatic ring is 2. The number of nitrogens with two attached hydrogens (primary N) is 2. The molecule has 4 aromatic rings. The Bertz CT molecular complexity index is 1850. The average molecular weight is 703 g/mol. The topological polar surface area (TPSA) is 238 Å². The lowest BCUT2D eigenvalue weighted by atomic mass is 9.93. The summed E-state index contributed by atoms with van der Waals surface area (Å²) >= 11 is 4.18. The van der Waals surface area contributed by atoms with E-state index in [1.165, 1.54) is 37.0 Å². The van der Waals surface area contributed by atoms with E-state index >= 15 is 4.39 Å². The zero-order chi connectivity index (χ0) is 32.4. The minimum atomic E-state index is -4.38. The van der Waals surface area contributed by atoms with Crippen molar-refractivity contribution in [1.82, 2.24) is 39.0 Å². The van der Waals surface area contributed by atoms with Crippen LogP contribution in [0.3, 0.4) is 0 Å². The molecule has 2 bridgehead atoms. The fourth-order valence-corrected chi connectivity index (χ4v) is 8.29. The van der Waals surface area contributed by atoms with Crippen molar-refractivity contribution in [2.45, 2.75) is 62.0 Å². The molecule has 0 aliphatic carbocycles. The number of hydrogen-bond acceptors (Lipinski definition) is 17. The van der Waals surface area contributed by atoms with Crippen LogP contribution < -0.4 is 11.5 Å². The van der Waals surface area contributed by atoms with Crippen molar-refractivity contribution in [1.29, 1.82) is 0 Å². The number of thiol groups is 1. The summed E-state index contributed by atoms with van der Waals surface area (Å²) in [6.07, 6.45) is -3.78. The Kier molecular flexibility index (Phi) is 8.28. The van der Waals surface area contributed by atoms with Crippen LogP contribution in [0.1, 0.15) is 25.8 Å². The van der Waals surface area contributed by atoms with Crippen LogP contribution in [0.25, 0.3) is 22.3 Å². The maximum absolute atomic E-state index is 15.9. The molecular formula is C23H29FN10O9P2S. The molecule has 4 N–H and O–H groups in total. The molecule has 0 amide bonds. The Morgan fingerprint density at radius 2 is 1.72 bits per heavy atom. The van der Waals surface area contributed by atoms with E-state index in [0.717, 1.165) is 0 Å². The van der Waals surface area contributed by atoms with Gasteiger partial charge in [0.15, 0.2) is 41.6 Å². The van der Waals surface area contributed by atoms with Gasteiger partial charge in [-0.25, -0.2) is 38.9 Å². The number of hydrogen-bond donors (Lipinski definition) is 3. The number of halogens is 1. The molecule has 7 heterocycles. The first-order valence-electron chi connectivity index (χ1n) is 13.9. The first-order valence-corrected chi connectivity index (χ1v) is 17.8. The van der Waals surface area contributed by atoms with Crippen LogP contribution in [0.2, 0.25) is 0 Å². The van der Waals surface area contributed by atoms with Crippen molar-refractivity contribution in [2.75, 3.05) is 31.8 Å². The molecule has 46 heavy (non-hydrogen) atoms. The Morgan fingerprint density at radius 1 is 1.09 bits per heavy atom. The van der Waals surface area contributed by atoms with Gasteiger partial charge in [-0.05, 0) is 6.42 Å². The summed E-state index contributed by atoms with van der Waals surface area (Å²) in [5, 5.41) is 0. The normalized spacial score (nSPS) is 37.1. The fourth-order valence-electron chi connectivity index (χ4n) is 5.90. The molecule has 3 aliphatic heterocycles. The summed E-state index contributed by atoms with van der Waals surface area (Å²) in [6, 6.07) is 0. The summed E-state index contributed by atoms with van der Waals surface area (Å²) in [5.41, 5.74) is 11.5. The first kappa shape index (κ1) is 31.7. The highest BCUT2D eigenvalue weighted by molar-refractivity contribution is 8.44. The van der Waals surface area contributed by atoms with Gasteiger partial charge in [-0.15, -0.1) is 0 Å². The van der Waals surface area contributed by atoms with Gasteiger partial charge in [-0.1, -0.05) is 19.2 Å². The molecule has 0 saturated carbocycles. The monoisotopic (exact) mass is 702 g/mol. The lowest BCUT2D eigenvalue weighted by Crippen LogP contribution is -2.47.